The van der Waals surface area contributed by atoms with E-state index in [0.717, 1.165) is 29.9 Å². The molecule has 4 nitrogen and oxygen atoms in total. The number of hydrogen-bond acceptors (Lipinski definition) is 4. The van der Waals surface area contributed by atoms with Crippen LogP contribution in [0.3, 0.4) is 0 Å². The van der Waals surface area contributed by atoms with E-state index in [4.69, 9.17) is 14.7 Å². The van der Waals surface area contributed by atoms with Gasteiger partial charge in [-0.1, -0.05) is 5.16 Å². The molecule has 0 amide bonds. The Morgan fingerprint density at radius 1 is 1.33 bits per heavy atom. The highest BCUT2D eigenvalue weighted by Crippen LogP contribution is 2.30. The number of hydrogen-bond donors (Lipinski definition) is 1. The minimum atomic E-state index is 0.266. The van der Waals surface area contributed by atoms with Gasteiger partial charge in [0.2, 0.25) is 0 Å². The molecule has 0 radical (unpaired) electrons. The monoisotopic (exact) mass is 249 g/mol. The van der Waals surface area contributed by atoms with Gasteiger partial charge in [-0.15, -0.1) is 0 Å². The highest BCUT2D eigenvalue weighted by atomic mass is 16.5. The predicted molar refractivity (Wildman–Crippen MR) is 69.9 cm³/mol. The van der Waals surface area contributed by atoms with Gasteiger partial charge in [0.05, 0.1) is 18.9 Å². The zero-order valence-electron chi connectivity index (χ0n) is 10.8. The van der Waals surface area contributed by atoms with Gasteiger partial charge in [0, 0.05) is 11.6 Å². The molecule has 0 heterocycles. The van der Waals surface area contributed by atoms with Crippen LogP contribution in [0.1, 0.15) is 38.2 Å². The third kappa shape index (κ3) is 2.75. The Bertz CT molecular complexity index is 437. The summed E-state index contributed by atoms with van der Waals surface area (Å²) in [5, 5.41) is 12.1. The molecule has 1 N–H and O–H groups in total. The molecule has 0 aliphatic heterocycles. The maximum atomic E-state index is 8.90. The quantitative estimate of drug-likeness (QED) is 0.506. The molecule has 1 aliphatic carbocycles. The van der Waals surface area contributed by atoms with Crippen LogP contribution in [0, 0.1) is 0 Å². The van der Waals surface area contributed by atoms with Crippen molar-refractivity contribution in [3.63, 3.8) is 0 Å². The molecule has 1 aromatic carbocycles. The van der Waals surface area contributed by atoms with E-state index in [1.165, 1.54) is 12.8 Å². The third-order valence-electron chi connectivity index (χ3n) is 3.32. The Kier molecular flexibility index (Phi) is 4.07. The molecule has 1 fully saturated rings. The maximum absolute atomic E-state index is 8.90. The van der Waals surface area contributed by atoms with Crippen molar-refractivity contribution < 1.29 is 14.7 Å². The summed E-state index contributed by atoms with van der Waals surface area (Å²) in [5.41, 5.74) is 1.36. The third-order valence-corrected chi connectivity index (χ3v) is 3.32. The van der Waals surface area contributed by atoms with Gasteiger partial charge in [-0.3, -0.25) is 0 Å². The lowest BCUT2D eigenvalue weighted by atomic mass is 10.1. The number of oxime groups is 1. The minimum absolute atomic E-state index is 0.266. The summed E-state index contributed by atoms with van der Waals surface area (Å²) in [6.45, 7) is 1.75. The van der Waals surface area contributed by atoms with Crippen LogP contribution in [0.25, 0.3) is 0 Å². The lowest BCUT2D eigenvalue weighted by Gasteiger charge is -2.17. The second kappa shape index (κ2) is 5.76. The van der Waals surface area contributed by atoms with E-state index < -0.39 is 0 Å². The van der Waals surface area contributed by atoms with E-state index in [1.807, 2.05) is 18.2 Å². The molecule has 0 aromatic heterocycles. The van der Waals surface area contributed by atoms with Gasteiger partial charge in [0.15, 0.2) is 0 Å². The molecule has 2 rings (SSSR count). The van der Waals surface area contributed by atoms with Crippen LogP contribution in [0.5, 0.6) is 11.5 Å². The molecule has 0 atom stereocenters. The van der Waals surface area contributed by atoms with E-state index in [-0.39, 0.29) is 6.10 Å². The van der Waals surface area contributed by atoms with E-state index in [1.54, 1.807) is 14.0 Å². The predicted octanol–water partition coefficient (Wildman–Crippen LogP) is 3.21. The van der Waals surface area contributed by atoms with E-state index in [0.29, 0.717) is 5.71 Å². The van der Waals surface area contributed by atoms with Crippen LogP contribution in [-0.4, -0.2) is 24.1 Å². The van der Waals surface area contributed by atoms with Crippen molar-refractivity contribution in [1.82, 2.24) is 0 Å². The van der Waals surface area contributed by atoms with Crippen LogP contribution in [0.2, 0.25) is 0 Å². The molecule has 0 spiro atoms. The molecule has 98 valence electrons. The fourth-order valence-corrected chi connectivity index (χ4v) is 2.27. The molecule has 1 saturated carbocycles. The van der Waals surface area contributed by atoms with Gasteiger partial charge in [0.25, 0.3) is 0 Å². The van der Waals surface area contributed by atoms with Crippen LogP contribution in [0.15, 0.2) is 23.4 Å². The summed E-state index contributed by atoms with van der Waals surface area (Å²) in [7, 11) is 1.63. The number of rotatable bonds is 4. The van der Waals surface area contributed by atoms with Gasteiger partial charge >= 0.3 is 0 Å². The van der Waals surface area contributed by atoms with Crippen molar-refractivity contribution in [1.29, 1.82) is 0 Å². The summed E-state index contributed by atoms with van der Waals surface area (Å²) in [6, 6.07) is 5.55. The molecular formula is C14H19NO3. The molecule has 0 unspecified atom stereocenters. The van der Waals surface area contributed by atoms with Crippen LogP contribution >= 0.6 is 0 Å². The summed E-state index contributed by atoms with van der Waals surface area (Å²) >= 11 is 0. The molecule has 0 saturated heterocycles. The number of methoxy groups -OCH3 is 1. The van der Waals surface area contributed by atoms with E-state index >= 15 is 0 Å². The van der Waals surface area contributed by atoms with Crippen LogP contribution in [-0.2, 0) is 0 Å². The Hall–Kier alpha value is -1.71. The van der Waals surface area contributed by atoms with Crippen LogP contribution in [0.4, 0.5) is 0 Å². The van der Waals surface area contributed by atoms with Gasteiger partial charge < -0.3 is 14.7 Å². The zero-order valence-corrected chi connectivity index (χ0v) is 10.8. The zero-order chi connectivity index (χ0) is 13.0. The van der Waals surface area contributed by atoms with E-state index in [2.05, 4.69) is 5.16 Å². The van der Waals surface area contributed by atoms with Gasteiger partial charge in [-0.2, -0.15) is 0 Å². The van der Waals surface area contributed by atoms with Crippen molar-refractivity contribution >= 4 is 5.71 Å². The highest BCUT2D eigenvalue weighted by Gasteiger charge is 2.19. The SMILES string of the molecule is COc1ccc(/C(C)=N/O)c(OC2CCCC2)c1. The van der Waals surface area contributed by atoms with Gasteiger partial charge in [0.1, 0.15) is 11.5 Å². The normalized spacial score (nSPS) is 16.9. The second-order valence-electron chi connectivity index (χ2n) is 4.57. The first kappa shape index (κ1) is 12.7. The smallest absolute Gasteiger partial charge is 0.132 e. The second-order valence-corrected chi connectivity index (χ2v) is 4.57. The lowest BCUT2D eigenvalue weighted by Crippen LogP contribution is -2.13. The maximum Gasteiger partial charge on any atom is 0.132 e. The molecule has 18 heavy (non-hydrogen) atoms. The van der Waals surface area contributed by atoms with Crippen molar-refractivity contribution in [3.05, 3.63) is 23.8 Å². The molecule has 4 heteroatoms. The number of ether oxygens (including phenoxy) is 2. The molecule has 0 bridgehead atoms. The Morgan fingerprint density at radius 2 is 2.06 bits per heavy atom. The highest BCUT2D eigenvalue weighted by molar-refractivity contribution is 6.00. The molecule has 1 aliphatic rings. The lowest BCUT2D eigenvalue weighted by molar-refractivity contribution is 0.208. The summed E-state index contributed by atoms with van der Waals surface area (Å²) in [5.74, 6) is 1.48. The van der Waals surface area contributed by atoms with Crippen molar-refractivity contribution in [3.8, 4) is 11.5 Å². The van der Waals surface area contributed by atoms with Crippen molar-refractivity contribution in [2.24, 2.45) is 5.16 Å². The van der Waals surface area contributed by atoms with Crippen molar-refractivity contribution in [2.75, 3.05) is 7.11 Å². The largest absolute Gasteiger partial charge is 0.497 e. The van der Waals surface area contributed by atoms with Gasteiger partial charge in [-0.25, -0.2) is 0 Å². The van der Waals surface area contributed by atoms with Crippen molar-refractivity contribution in [2.45, 2.75) is 38.7 Å². The molecular weight excluding hydrogens is 230 g/mol. The first-order valence-corrected chi connectivity index (χ1v) is 6.28. The summed E-state index contributed by atoms with van der Waals surface area (Å²) < 4.78 is 11.2. The number of benzene rings is 1. The first-order chi connectivity index (χ1) is 8.74. The topological polar surface area (TPSA) is 51.0 Å². The summed E-state index contributed by atoms with van der Waals surface area (Å²) in [4.78, 5) is 0. The fraction of sp³-hybridized carbons (Fsp3) is 0.500. The standard InChI is InChI=1S/C14H19NO3/c1-10(15-16)13-8-7-12(17-2)9-14(13)18-11-5-3-4-6-11/h7-9,11,16H,3-6H2,1-2H3/b15-10+. The first-order valence-electron chi connectivity index (χ1n) is 6.28. The summed E-state index contributed by atoms with van der Waals surface area (Å²) in [6.07, 6.45) is 4.88. The fourth-order valence-electron chi connectivity index (χ4n) is 2.27. The Balaban J connectivity index is 2.28. The van der Waals surface area contributed by atoms with Crippen LogP contribution < -0.4 is 9.47 Å². The minimum Gasteiger partial charge on any atom is -0.497 e. The number of nitrogens with zero attached hydrogens (tertiary/aromatic N) is 1. The molecule has 1 aromatic rings. The van der Waals surface area contributed by atoms with E-state index in [9.17, 15) is 0 Å². The average molecular weight is 249 g/mol. The van der Waals surface area contributed by atoms with Gasteiger partial charge in [-0.05, 0) is 44.7 Å². The Labute approximate surface area is 107 Å². The average Bonchev–Trinajstić information content (AvgIpc) is 2.90. The Morgan fingerprint density at radius 3 is 2.67 bits per heavy atom.